The maximum absolute atomic E-state index is 11.7. The first-order valence-corrected chi connectivity index (χ1v) is 5.06. The molecule has 4 heteroatoms. The van der Waals surface area contributed by atoms with Crippen molar-refractivity contribution in [1.82, 2.24) is 9.80 Å². The van der Waals surface area contributed by atoms with E-state index in [9.17, 15) is 9.59 Å². The summed E-state index contributed by atoms with van der Waals surface area (Å²) in [6, 6.07) is 0. The molecule has 0 bridgehead atoms. The van der Waals surface area contributed by atoms with Gasteiger partial charge in [-0.2, -0.15) is 0 Å². The molecule has 0 rings (SSSR count). The number of likely N-dealkylation sites (N-methyl/N-ethyl adjacent to an activating group) is 2. The summed E-state index contributed by atoms with van der Waals surface area (Å²) in [5.74, 6) is 0.163. The molecule has 1 amide bonds. The Morgan fingerprint density at radius 3 is 1.80 bits per heavy atom. The Labute approximate surface area is 92.2 Å². The fourth-order valence-electron chi connectivity index (χ4n) is 0.911. The van der Waals surface area contributed by atoms with Crippen LogP contribution in [0, 0.1) is 5.41 Å². The summed E-state index contributed by atoms with van der Waals surface area (Å²) < 4.78 is 0. The molecule has 0 aliphatic carbocycles. The number of amides is 1. The third-order valence-corrected chi connectivity index (χ3v) is 2.15. The van der Waals surface area contributed by atoms with E-state index in [0.29, 0.717) is 6.54 Å². The third-order valence-electron chi connectivity index (χ3n) is 2.15. The smallest absolute Gasteiger partial charge is 0.236 e. The highest BCUT2D eigenvalue weighted by atomic mass is 16.2. The summed E-state index contributed by atoms with van der Waals surface area (Å²) in [4.78, 5) is 26.3. The van der Waals surface area contributed by atoms with Crippen molar-refractivity contribution in [3.05, 3.63) is 0 Å². The minimum atomic E-state index is -0.338. The highest BCUT2D eigenvalue weighted by Crippen LogP contribution is 2.14. The van der Waals surface area contributed by atoms with Gasteiger partial charge in [0.25, 0.3) is 0 Å². The van der Waals surface area contributed by atoms with Crippen molar-refractivity contribution in [2.45, 2.75) is 20.8 Å². The van der Waals surface area contributed by atoms with E-state index in [4.69, 9.17) is 0 Å². The van der Waals surface area contributed by atoms with Crippen LogP contribution >= 0.6 is 0 Å². The zero-order valence-electron chi connectivity index (χ0n) is 10.6. The van der Waals surface area contributed by atoms with Gasteiger partial charge in [-0.15, -0.1) is 0 Å². The molecule has 0 saturated carbocycles. The second-order valence-electron chi connectivity index (χ2n) is 5.13. The van der Waals surface area contributed by atoms with Crippen LogP contribution < -0.4 is 0 Å². The van der Waals surface area contributed by atoms with Gasteiger partial charge in [0.15, 0.2) is 5.78 Å². The molecule has 0 saturated heterocycles. The summed E-state index contributed by atoms with van der Waals surface area (Å²) in [5, 5.41) is 0. The molecule has 0 atom stereocenters. The summed E-state index contributed by atoms with van der Waals surface area (Å²) in [6.07, 6.45) is 0. The van der Waals surface area contributed by atoms with Crippen LogP contribution in [0.4, 0.5) is 0 Å². The molecule has 0 unspecified atom stereocenters. The van der Waals surface area contributed by atoms with Gasteiger partial charge in [0, 0.05) is 19.5 Å². The Bertz CT molecular complexity index is 241. The van der Waals surface area contributed by atoms with Gasteiger partial charge in [-0.05, 0) is 7.05 Å². The summed E-state index contributed by atoms with van der Waals surface area (Å²) >= 11 is 0. The zero-order valence-corrected chi connectivity index (χ0v) is 10.6. The van der Waals surface area contributed by atoms with E-state index in [1.807, 2.05) is 20.8 Å². The molecule has 0 heterocycles. The number of carbonyl (C=O) groups is 2. The van der Waals surface area contributed by atoms with Crippen LogP contribution in [0.2, 0.25) is 0 Å². The topological polar surface area (TPSA) is 40.6 Å². The zero-order chi connectivity index (χ0) is 12.2. The van der Waals surface area contributed by atoms with Gasteiger partial charge in [-0.1, -0.05) is 20.8 Å². The minimum absolute atomic E-state index is 0.0132. The second-order valence-corrected chi connectivity index (χ2v) is 5.13. The summed E-state index contributed by atoms with van der Waals surface area (Å²) in [7, 11) is 5.20. The first kappa shape index (κ1) is 14.1. The van der Waals surface area contributed by atoms with Crippen LogP contribution in [0.1, 0.15) is 20.8 Å². The lowest BCUT2D eigenvalue weighted by atomic mass is 9.90. The predicted octanol–water partition coefficient (Wildman–Crippen LogP) is 0.622. The van der Waals surface area contributed by atoms with E-state index in [1.54, 1.807) is 26.0 Å². The number of ketones is 1. The highest BCUT2D eigenvalue weighted by Gasteiger charge is 2.22. The number of carbonyl (C=O) groups excluding carboxylic acids is 2. The Hall–Kier alpha value is -0.900. The number of Topliss-reactive ketones (excluding diaryl/α,β-unsaturated/α-hetero) is 1. The van der Waals surface area contributed by atoms with Crippen molar-refractivity contribution in [2.75, 3.05) is 34.2 Å². The first-order chi connectivity index (χ1) is 6.64. The first-order valence-electron chi connectivity index (χ1n) is 5.06. The average molecular weight is 214 g/mol. The van der Waals surface area contributed by atoms with E-state index < -0.39 is 0 Å². The Kier molecular flexibility index (Phi) is 4.94. The molecule has 0 aliphatic rings. The Balaban J connectivity index is 4.11. The van der Waals surface area contributed by atoms with Crippen LogP contribution in [0.3, 0.4) is 0 Å². The Morgan fingerprint density at radius 2 is 1.47 bits per heavy atom. The standard InChI is InChI=1S/C11H22N2O2/c1-11(2,3)9(14)7-13(6)8-10(15)12(4)5/h7-8H2,1-6H3. The van der Waals surface area contributed by atoms with Gasteiger partial charge < -0.3 is 4.90 Å². The quantitative estimate of drug-likeness (QED) is 0.689. The fourth-order valence-corrected chi connectivity index (χ4v) is 0.911. The van der Waals surface area contributed by atoms with Gasteiger partial charge in [0.05, 0.1) is 13.1 Å². The van der Waals surface area contributed by atoms with Crippen molar-refractivity contribution in [2.24, 2.45) is 5.41 Å². The van der Waals surface area contributed by atoms with Gasteiger partial charge in [0.2, 0.25) is 5.91 Å². The van der Waals surface area contributed by atoms with Crippen molar-refractivity contribution < 1.29 is 9.59 Å². The molecule has 0 spiro atoms. The third kappa shape index (κ3) is 5.52. The second kappa shape index (κ2) is 5.26. The molecule has 0 aliphatic heterocycles. The van der Waals surface area contributed by atoms with Gasteiger partial charge in [-0.3, -0.25) is 14.5 Å². The normalized spacial score (nSPS) is 11.7. The molecular weight excluding hydrogens is 192 g/mol. The molecule has 0 fully saturated rings. The lowest BCUT2D eigenvalue weighted by Gasteiger charge is -2.22. The number of hydrogen-bond acceptors (Lipinski definition) is 3. The Morgan fingerprint density at radius 1 is 1.00 bits per heavy atom. The van der Waals surface area contributed by atoms with Crippen molar-refractivity contribution in [3.63, 3.8) is 0 Å². The SMILES string of the molecule is CN(CC(=O)N(C)C)CC(=O)C(C)(C)C. The van der Waals surface area contributed by atoms with Crippen molar-refractivity contribution in [3.8, 4) is 0 Å². The molecule has 0 N–H and O–H groups in total. The van der Waals surface area contributed by atoms with Crippen molar-refractivity contribution >= 4 is 11.7 Å². The monoisotopic (exact) mass is 214 g/mol. The summed E-state index contributed by atoms with van der Waals surface area (Å²) in [5.41, 5.74) is -0.338. The molecule has 0 aromatic rings. The molecule has 0 aromatic carbocycles. The lowest BCUT2D eigenvalue weighted by Crippen LogP contribution is -2.39. The average Bonchev–Trinajstić information content (AvgIpc) is 2.01. The molecule has 0 aromatic heterocycles. The maximum Gasteiger partial charge on any atom is 0.236 e. The largest absolute Gasteiger partial charge is 0.348 e. The van der Waals surface area contributed by atoms with E-state index in [1.165, 1.54) is 4.90 Å². The van der Waals surface area contributed by atoms with E-state index in [-0.39, 0.29) is 23.7 Å². The van der Waals surface area contributed by atoms with E-state index in [2.05, 4.69) is 0 Å². The molecular formula is C11H22N2O2. The fraction of sp³-hybridized carbons (Fsp3) is 0.818. The van der Waals surface area contributed by atoms with Gasteiger partial charge in [-0.25, -0.2) is 0 Å². The number of rotatable bonds is 4. The van der Waals surface area contributed by atoms with Crippen molar-refractivity contribution in [1.29, 1.82) is 0 Å². The van der Waals surface area contributed by atoms with Crippen LogP contribution in [-0.2, 0) is 9.59 Å². The van der Waals surface area contributed by atoms with Crippen LogP contribution in [0.5, 0.6) is 0 Å². The van der Waals surface area contributed by atoms with Crippen LogP contribution in [0.15, 0.2) is 0 Å². The summed E-state index contributed by atoms with van der Waals surface area (Å²) in [6.45, 7) is 6.27. The predicted molar refractivity (Wildman–Crippen MR) is 60.7 cm³/mol. The number of hydrogen-bond donors (Lipinski definition) is 0. The van der Waals surface area contributed by atoms with Gasteiger partial charge >= 0.3 is 0 Å². The van der Waals surface area contributed by atoms with Crippen LogP contribution in [0.25, 0.3) is 0 Å². The molecule has 88 valence electrons. The van der Waals surface area contributed by atoms with Crippen LogP contribution in [-0.4, -0.2) is 55.7 Å². The minimum Gasteiger partial charge on any atom is -0.348 e. The maximum atomic E-state index is 11.7. The molecule has 4 nitrogen and oxygen atoms in total. The van der Waals surface area contributed by atoms with E-state index >= 15 is 0 Å². The lowest BCUT2D eigenvalue weighted by molar-refractivity contribution is -0.131. The van der Waals surface area contributed by atoms with Gasteiger partial charge in [0.1, 0.15) is 0 Å². The molecule has 0 radical (unpaired) electrons. The number of nitrogens with zero attached hydrogens (tertiary/aromatic N) is 2. The molecule has 15 heavy (non-hydrogen) atoms. The van der Waals surface area contributed by atoms with E-state index in [0.717, 1.165) is 0 Å². The highest BCUT2D eigenvalue weighted by molar-refractivity contribution is 5.86.